The predicted molar refractivity (Wildman–Crippen MR) is 66.8 cm³/mol. The summed E-state index contributed by atoms with van der Waals surface area (Å²) in [6, 6.07) is 7.93. The lowest BCUT2D eigenvalue weighted by atomic mass is 10.2. The number of benzene rings is 1. The SMILES string of the molecule is Cc1csc(-c2ccc(OCCN)cc2)n1. The topological polar surface area (TPSA) is 48.1 Å². The Kier molecular flexibility index (Phi) is 3.54. The average molecular weight is 234 g/mol. The zero-order valence-corrected chi connectivity index (χ0v) is 9.96. The Bertz CT molecular complexity index is 450. The molecular weight excluding hydrogens is 220 g/mol. The quantitative estimate of drug-likeness (QED) is 0.884. The van der Waals surface area contributed by atoms with Crippen molar-refractivity contribution < 1.29 is 4.74 Å². The molecule has 2 N–H and O–H groups in total. The molecule has 2 rings (SSSR count). The number of hydrogen-bond donors (Lipinski definition) is 1. The largest absolute Gasteiger partial charge is 0.492 e. The Morgan fingerprint density at radius 2 is 2.06 bits per heavy atom. The normalized spacial score (nSPS) is 10.4. The van der Waals surface area contributed by atoms with Gasteiger partial charge in [0.1, 0.15) is 17.4 Å². The molecule has 1 aromatic heterocycles. The monoisotopic (exact) mass is 234 g/mol. The summed E-state index contributed by atoms with van der Waals surface area (Å²) in [6.07, 6.45) is 0. The van der Waals surface area contributed by atoms with Crippen molar-refractivity contribution in [2.75, 3.05) is 13.2 Å². The summed E-state index contributed by atoms with van der Waals surface area (Å²) in [5, 5.41) is 3.09. The Balaban J connectivity index is 2.13. The van der Waals surface area contributed by atoms with Gasteiger partial charge < -0.3 is 10.5 Å². The van der Waals surface area contributed by atoms with Crippen LogP contribution >= 0.6 is 11.3 Å². The highest BCUT2D eigenvalue weighted by Crippen LogP contribution is 2.25. The summed E-state index contributed by atoms with van der Waals surface area (Å²) in [6.45, 7) is 3.09. The van der Waals surface area contributed by atoms with Crippen LogP contribution in [0.15, 0.2) is 29.6 Å². The minimum atomic E-state index is 0.535. The predicted octanol–water partition coefficient (Wildman–Crippen LogP) is 2.46. The number of thiazole rings is 1. The molecule has 3 nitrogen and oxygen atoms in total. The molecule has 0 saturated heterocycles. The van der Waals surface area contributed by atoms with E-state index >= 15 is 0 Å². The first-order chi connectivity index (χ1) is 7.79. The Morgan fingerprint density at radius 3 is 2.62 bits per heavy atom. The van der Waals surface area contributed by atoms with E-state index in [4.69, 9.17) is 10.5 Å². The van der Waals surface area contributed by atoms with E-state index in [-0.39, 0.29) is 0 Å². The first-order valence-electron chi connectivity index (χ1n) is 5.15. The number of nitrogens with zero attached hydrogens (tertiary/aromatic N) is 1. The number of aryl methyl sites for hydroxylation is 1. The molecule has 1 heterocycles. The van der Waals surface area contributed by atoms with Gasteiger partial charge in [0.25, 0.3) is 0 Å². The maximum atomic E-state index is 5.41. The van der Waals surface area contributed by atoms with Crippen LogP contribution in [0.5, 0.6) is 5.75 Å². The van der Waals surface area contributed by atoms with Crippen molar-refractivity contribution in [2.45, 2.75) is 6.92 Å². The summed E-state index contributed by atoms with van der Waals surface area (Å²) < 4.78 is 5.41. The van der Waals surface area contributed by atoms with Gasteiger partial charge in [0, 0.05) is 23.2 Å². The van der Waals surface area contributed by atoms with E-state index in [0.717, 1.165) is 22.0 Å². The summed E-state index contributed by atoms with van der Waals surface area (Å²) >= 11 is 1.65. The maximum absolute atomic E-state index is 5.41. The third-order valence-corrected chi connectivity index (χ3v) is 3.12. The molecular formula is C12H14N2OS. The van der Waals surface area contributed by atoms with E-state index in [1.807, 2.05) is 36.6 Å². The van der Waals surface area contributed by atoms with Crippen molar-refractivity contribution in [3.63, 3.8) is 0 Å². The van der Waals surface area contributed by atoms with E-state index < -0.39 is 0 Å². The zero-order chi connectivity index (χ0) is 11.4. The fourth-order valence-corrected chi connectivity index (χ4v) is 2.16. The molecule has 1 aromatic carbocycles. The second-order valence-corrected chi connectivity index (χ2v) is 4.31. The lowest BCUT2D eigenvalue weighted by Crippen LogP contribution is -2.10. The Morgan fingerprint density at radius 1 is 1.31 bits per heavy atom. The molecule has 0 unspecified atom stereocenters. The molecule has 0 aliphatic heterocycles. The lowest BCUT2D eigenvalue weighted by molar-refractivity contribution is 0.328. The van der Waals surface area contributed by atoms with Crippen molar-refractivity contribution in [2.24, 2.45) is 5.73 Å². The van der Waals surface area contributed by atoms with Crippen molar-refractivity contribution in [3.05, 3.63) is 35.3 Å². The molecule has 0 aliphatic rings. The average Bonchev–Trinajstić information content (AvgIpc) is 2.74. The van der Waals surface area contributed by atoms with Crippen LogP contribution in [0.1, 0.15) is 5.69 Å². The van der Waals surface area contributed by atoms with Crippen LogP contribution in [0.25, 0.3) is 10.6 Å². The van der Waals surface area contributed by atoms with Gasteiger partial charge in [-0.1, -0.05) is 0 Å². The summed E-state index contributed by atoms with van der Waals surface area (Å²) in [4.78, 5) is 4.43. The third kappa shape index (κ3) is 2.59. The highest BCUT2D eigenvalue weighted by Gasteiger charge is 2.02. The summed E-state index contributed by atoms with van der Waals surface area (Å²) in [5.41, 5.74) is 7.55. The molecule has 16 heavy (non-hydrogen) atoms. The van der Waals surface area contributed by atoms with E-state index in [1.165, 1.54) is 0 Å². The van der Waals surface area contributed by atoms with Crippen LogP contribution in [-0.2, 0) is 0 Å². The molecule has 4 heteroatoms. The Labute approximate surface area is 98.9 Å². The second kappa shape index (κ2) is 5.09. The molecule has 0 amide bonds. The van der Waals surface area contributed by atoms with E-state index in [0.29, 0.717) is 13.2 Å². The molecule has 0 bridgehead atoms. The zero-order valence-electron chi connectivity index (χ0n) is 9.14. The molecule has 0 spiro atoms. The molecule has 0 fully saturated rings. The number of aromatic nitrogens is 1. The molecule has 2 aromatic rings. The molecule has 0 atom stereocenters. The Hall–Kier alpha value is -1.39. The van der Waals surface area contributed by atoms with E-state index in [1.54, 1.807) is 11.3 Å². The lowest BCUT2D eigenvalue weighted by Gasteiger charge is -2.04. The van der Waals surface area contributed by atoms with Crippen LogP contribution < -0.4 is 10.5 Å². The van der Waals surface area contributed by atoms with E-state index in [2.05, 4.69) is 4.98 Å². The van der Waals surface area contributed by atoms with Crippen LogP contribution in [-0.4, -0.2) is 18.1 Å². The smallest absolute Gasteiger partial charge is 0.123 e. The molecule has 84 valence electrons. The van der Waals surface area contributed by atoms with Crippen LogP contribution in [0.4, 0.5) is 0 Å². The maximum Gasteiger partial charge on any atom is 0.123 e. The van der Waals surface area contributed by atoms with Gasteiger partial charge in [-0.05, 0) is 31.2 Å². The number of rotatable bonds is 4. The standard InChI is InChI=1S/C12H14N2OS/c1-9-8-16-12(14-9)10-2-4-11(5-3-10)15-7-6-13/h2-5,8H,6-7,13H2,1H3. The highest BCUT2D eigenvalue weighted by atomic mass is 32.1. The van der Waals surface area contributed by atoms with Crippen LogP contribution in [0.3, 0.4) is 0 Å². The van der Waals surface area contributed by atoms with Crippen molar-refractivity contribution in [3.8, 4) is 16.3 Å². The summed E-state index contributed by atoms with van der Waals surface area (Å²) in [7, 11) is 0. The fourth-order valence-electron chi connectivity index (χ4n) is 1.36. The minimum absolute atomic E-state index is 0.535. The van der Waals surface area contributed by atoms with Crippen molar-refractivity contribution in [1.82, 2.24) is 4.98 Å². The van der Waals surface area contributed by atoms with Gasteiger partial charge in [-0.2, -0.15) is 0 Å². The van der Waals surface area contributed by atoms with Crippen LogP contribution in [0, 0.1) is 6.92 Å². The van der Waals surface area contributed by atoms with Crippen molar-refractivity contribution >= 4 is 11.3 Å². The summed E-state index contributed by atoms with van der Waals surface area (Å²) in [5.74, 6) is 0.850. The van der Waals surface area contributed by atoms with E-state index in [9.17, 15) is 0 Å². The van der Waals surface area contributed by atoms with Gasteiger partial charge >= 0.3 is 0 Å². The second-order valence-electron chi connectivity index (χ2n) is 3.46. The number of hydrogen-bond acceptors (Lipinski definition) is 4. The van der Waals surface area contributed by atoms with Gasteiger partial charge in [0.2, 0.25) is 0 Å². The van der Waals surface area contributed by atoms with Gasteiger partial charge in [-0.15, -0.1) is 11.3 Å². The highest BCUT2D eigenvalue weighted by molar-refractivity contribution is 7.13. The number of ether oxygens (including phenoxy) is 1. The van der Waals surface area contributed by atoms with Gasteiger partial charge in [-0.25, -0.2) is 4.98 Å². The molecule has 0 aliphatic carbocycles. The van der Waals surface area contributed by atoms with Crippen LogP contribution in [0.2, 0.25) is 0 Å². The third-order valence-electron chi connectivity index (χ3n) is 2.11. The van der Waals surface area contributed by atoms with Gasteiger partial charge in [0.05, 0.1) is 0 Å². The number of nitrogens with two attached hydrogens (primary N) is 1. The molecule has 0 radical (unpaired) electrons. The van der Waals surface area contributed by atoms with Crippen molar-refractivity contribution in [1.29, 1.82) is 0 Å². The molecule has 0 saturated carbocycles. The van der Waals surface area contributed by atoms with Gasteiger partial charge in [0.15, 0.2) is 0 Å². The van der Waals surface area contributed by atoms with Gasteiger partial charge in [-0.3, -0.25) is 0 Å². The minimum Gasteiger partial charge on any atom is -0.492 e. The first-order valence-corrected chi connectivity index (χ1v) is 6.03. The first kappa shape index (κ1) is 11.1. The fraction of sp³-hybridized carbons (Fsp3) is 0.250.